The number of hydrogen-bond donors (Lipinski definition) is 0. The maximum atomic E-state index is 2.26. The van der Waals surface area contributed by atoms with E-state index in [1.807, 2.05) is 0 Å². The van der Waals surface area contributed by atoms with Crippen molar-refractivity contribution < 1.29 is 4.57 Å². The Labute approximate surface area is 91.4 Å². The van der Waals surface area contributed by atoms with Crippen molar-refractivity contribution in [2.75, 3.05) is 0 Å². The van der Waals surface area contributed by atoms with E-state index in [2.05, 4.69) is 68.9 Å². The first-order valence-electron chi connectivity index (χ1n) is 5.38. The number of aromatic nitrogens is 1. The molecule has 1 aromatic carbocycles. The summed E-state index contributed by atoms with van der Waals surface area (Å²) in [6.45, 7) is 6.78. The Bertz CT molecular complexity index is 492. The van der Waals surface area contributed by atoms with Crippen molar-refractivity contribution in [1.29, 1.82) is 0 Å². The topological polar surface area (TPSA) is 3.88 Å². The second-order valence-corrected chi connectivity index (χ2v) is 5.11. The molecule has 0 atom stereocenters. The van der Waals surface area contributed by atoms with E-state index in [1.54, 1.807) is 0 Å². The number of aryl methyl sites for hydroxylation is 1. The molecule has 0 aliphatic rings. The molecule has 2 aromatic rings. The van der Waals surface area contributed by atoms with E-state index in [-0.39, 0.29) is 5.41 Å². The number of benzene rings is 1. The fourth-order valence-electron chi connectivity index (χ4n) is 2.02. The third-order valence-corrected chi connectivity index (χ3v) is 2.85. The Hall–Kier alpha value is -1.37. The average Bonchev–Trinajstić information content (AvgIpc) is 2.17. The molecule has 0 N–H and O–H groups in total. The van der Waals surface area contributed by atoms with E-state index in [9.17, 15) is 0 Å². The summed E-state index contributed by atoms with van der Waals surface area (Å²) in [6.07, 6.45) is 2.14. The Morgan fingerprint density at radius 1 is 1.00 bits per heavy atom. The lowest BCUT2D eigenvalue weighted by Crippen LogP contribution is -2.29. The highest BCUT2D eigenvalue weighted by Gasteiger charge is 2.19. The van der Waals surface area contributed by atoms with Crippen LogP contribution in [-0.4, -0.2) is 0 Å². The van der Waals surface area contributed by atoms with E-state index < -0.39 is 0 Å². The molecule has 0 unspecified atom stereocenters. The average molecular weight is 200 g/mol. The molecule has 0 spiro atoms. The zero-order chi connectivity index (χ0) is 11.1. The fourth-order valence-corrected chi connectivity index (χ4v) is 2.02. The third-order valence-electron chi connectivity index (χ3n) is 2.85. The van der Waals surface area contributed by atoms with Crippen LogP contribution in [0.1, 0.15) is 26.3 Å². The van der Waals surface area contributed by atoms with Crippen molar-refractivity contribution in [2.24, 2.45) is 7.05 Å². The van der Waals surface area contributed by atoms with Crippen molar-refractivity contribution in [1.82, 2.24) is 0 Å². The maximum absolute atomic E-state index is 2.26. The summed E-state index contributed by atoms with van der Waals surface area (Å²) in [5.41, 5.74) is 2.91. The van der Waals surface area contributed by atoms with E-state index >= 15 is 0 Å². The van der Waals surface area contributed by atoms with Gasteiger partial charge >= 0.3 is 0 Å². The highest BCUT2D eigenvalue weighted by Crippen LogP contribution is 2.27. The van der Waals surface area contributed by atoms with Crippen molar-refractivity contribution in [2.45, 2.75) is 26.2 Å². The molecule has 0 saturated carbocycles. The highest BCUT2D eigenvalue weighted by atomic mass is 14.9. The van der Waals surface area contributed by atoms with Gasteiger partial charge in [0.15, 0.2) is 6.20 Å². The lowest BCUT2D eigenvalue weighted by atomic mass is 9.85. The van der Waals surface area contributed by atoms with E-state index in [0.29, 0.717) is 0 Å². The number of rotatable bonds is 0. The third kappa shape index (κ3) is 1.74. The Morgan fingerprint density at radius 3 is 2.33 bits per heavy atom. The summed E-state index contributed by atoms with van der Waals surface area (Å²) in [4.78, 5) is 0. The van der Waals surface area contributed by atoms with Crippen LogP contribution in [-0.2, 0) is 12.5 Å². The summed E-state index contributed by atoms with van der Waals surface area (Å²) in [5, 5.41) is 1.36. The number of pyridine rings is 1. The van der Waals surface area contributed by atoms with Gasteiger partial charge in [-0.25, -0.2) is 4.57 Å². The summed E-state index contributed by atoms with van der Waals surface area (Å²) in [7, 11) is 2.09. The number of para-hydroxylation sites is 1. The van der Waals surface area contributed by atoms with Crippen molar-refractivity contribution in [3.63, 3.8) is 0 Å². The van der Waals surface area contributed by atoms with Gasteiger partial charge in [0.05, 0.1) is 5.39 Å². The summed E-state index contributed by atoms with van der Waals surface area (Å²) in [5.74, 6) is 0. The van der Waals surface area contributed by atoms with E-state index in [1.165, 1.54) is 16.5 Å². The van der Waals surface area contributed by atoms with Crippen LogP contribution < -0.4 is 4.57 Å². The maximum Gasteiger partial charge on any atom is 0.212 e. The number of nitrogens with zero attached hydrogens (tertiary/aromatic N) is 1. The largest absolute Gasteiger partial charge is 0.212 e. The molecular weight excluding hydrogens is 182 g/mol. The first kappa shape index (κ1) is 10.2. The predicted molar refractivity (Wildman–Crippen MR) is 63.8 cm³/mol. The van der Waals surface area contributed by atoms with Gasteiger partial charge in [-0.1, -0.05) is 32.9 Å². The molecule has 15 heavy (non-hydrogen) atoms. The molecular formula is C14H18N+. The molecule has 78 valence electrons. The number of fused-ring (bicyclic) bond motifs is 1. The minimum Gasteiger partial charge on any atom is -0.201 e. The SMILES string of the molecule is C[n+]1ccc(C(C)(C)C)c2ccccc21. The molecule has 0 amide bonds. The van der Waals surface area contributed by atoms with Crippen molar-refractivity contribution in [3.05, 3.63) is 42.1 Å². The molecule has 0 bridgehead atoms. The van der Waals surface area contributed by atoms with Gasteiger partial charge in [-0.15, -0.1) is 0 Å². The van der Waals surface area contributed by atoms with Gasteiger partial charge in [0, 0.05) is 12.1 Å². The molecule has 0 aliphatic carbocycles. The highest BCUT2D eigenvalue weighted by molar-refractivity contribution is 5.80. The molecule has 1 heterocycles. The number of hydrogen-bond acceptors (Lipinski definition) is 0. The molecule has 0 fully saturated rings. The van der Waals surface area contributed by atoms with Crippen LogP contribution in [0.15, 0.2) is 36.5 Å². The van der Waals surface area contributed by atoms with Crippen LogP contribution in [0.25, 0.3) is 10.9 Å². The molecule has 0 aliphatic heterocycles. The summed E-state index contributed by atoms with van der Waals surface area (Å²) < 4.78 is 2.17. The summed E-state index contributed by atoms with van der Waals surface area (Å²) in [6, 6.07) is 10.8. The zero-order valence-corrected chi connectivity index (χ0v) is 9.91. The van der Waals surface area contributed by atoms with Crippen LogP contribution >= 0.6 is 0 Å². The second-order valence-electron chi connectivity index (χ2n) is 5.11. The van der Waals surface area contributed by atoms with Gasteiger partial charge in [0.25, 0.3) is 0 Å². The molecule has 0 radical (unpaired) electrons. The molecule has 1 aromatic heterocycles. The Kier molecular flexibility index (Phi) is 2.26. The van der Waals surface area contributed by atoms with Gasteiger partial charge in [0.2, 0.25) is 5.52 Å². The second kappa shape index (κ2) is 3.34. The molecule has 0 saturated heterocycles. The van der Waals surface area contributed by atoms with E-state index in [0.717, 1.165) is 0 Å². The van der Waals surface area contributed by atoms with Gasteiger partial charge < -0.3 is 0 Å². The molecule has 1 nitrogen and oxygen atoms in total. The smallest absolute Gasteiger partial charge is 0.201 e. The van der Waals surface area contributed by atoms with Crippen LogP contribution in [0.3, 0.4) is 0 Å². The van der Waals surface area contributed by atoms with Gasteiger partial charge in [-0.2, -0.15) is 0 Å². The first-order chi connectivity index (χ1) is 7.00. The first-order valence-corrected chi connectivity index (χ1v) is 5.38. The molecule has 1 heteroatoms. The van der Waals surface area contributed by atoms with Crippen LogP contribution in [0.2, 0.25) is 0 Å². The van der Waals surface area contributed by atoms with E-state index in [4.69, 9.17) is 0 Å². The monoisotopic (exact) mass is 200 g/mol. The molecule has 2 rings (SSSR count). The lowest BCUT2D eigenvalue weighted by Gasteiger charge is -2.19. The standard InChI is InChI=1S/C14H18N/c1-14(2,3)12-9-10-15(4)13-8-6-5-7-11(12)13/h5-10H,1-4H3/q+1. The van der Waals surface area contributed by atoms with Gasteiger partial charge in [-0.05, 0) is 17.0 Å². The zero-order valence-electron chi connectivity index (χ0n) is 9.91. The van der Waals surface area contributed by atoms with Crippen molar-refractivity contribution in [3.8, 4) is 0 Å². The quantitative estimate of drug-likeness (QED) is 0.576. The van der Waals surface area contributed by atoms with Crippen molar-refractivity contribution >= 4 is 10.9 Å². The van der Waals surface area contributed by atoms with Gasteiger partial charge in [-0.3, -0.25) is 0 Å². The Balaban J connectivity index is 2.84. The summed E-state index contributed by atoms with van der Waals surface area (Å²) >= 11 is 0. The van der Waals surface area contributed by atoms with Crippen LogP contribution in [0, 0.1) is 0 Å². The normalized spacial score (nSPS) is 12.0. The lowest BCUT2D eigenvalue weighted by molar-refractivity contribution is -0.645. The van der Waals surface area contributed by atoms with Crippen LogP contribution in [0.5, 0.6) is 0 Å². The predicted octanol–water partition coefficient (Wildman–Crippen LogP) is 2.96. The van der Waals surface area contributed by atoms with Gasteiger partial charge in [0.1, 0.15) is 7.05 Å². The minimum absolute atomic E-state index is 0.202. The van der Waals surface area contributed by atoms with Crippen LogP contribution in [0.4, 0.5) is 0 Å². The fraction of sp³-hybridized carbons (Fsp3) is 0.357. The minimum atomic E-state index is 0.202. The Morgan fingerprint density at radius 2 is 1.67 bits per heavy atom.